The van der Waals surface area contributed by atoms with Gasteiger partial charge < -0.3 is 4.90 Å². The molecule has 1 aromatic carbocycles. The van der Waals surface area contributed by atoms with Crippen LogP contribution in [0.3, 0.4) is 0 Å². The van der Waals surface area contributed by atoms with E-state index in [0.717, 1.165) is 60.6 Å². The van der Waals surface area contributed by atoms with Crippen molar-refractivity contribution in [3.8, 4) is 11.1 Å². The highest BCUT2D eigenvalue weighted by Gasteiger charge is 2.31. The SMILES string of the molecule is NS(=O)(=O)CC1CCN(c2nc(C3CC3)nc3scc(-c4ccccc4)c23)CC1. The number of nitrogens with zero attached hydrogens (tertiary/aromatic N) is 3. The van der Waals surface area contributed by atoms with Crippen LogP contribution in [0.1, 0.15) is 37.4 Å². The van der Waals surface area contributed by atoms with Crippen LogP contribution in [-0.2, 0) is 10.0 Å². The van der Waals surface area contributed by atoms with E-state index in [0.29, 0.717) is 5.92 Å². The number of hydrogen-bond acceptors (Lipinski definition) is 6. The molecule has 0 spiro atoms. The minimum atomic E-state index is -3.43. The highest BCUT2D eigenvalue weighted by atomic mass is 32.2. The average molecular weight is 429 g/mol. The first-order valence-corrected chi connectivity index (χ1v) is 12.7. The Morgan fingerprint density at radius 1 is 1.07 bits per heavy atom. The molecule has 5 rings (SSSR count). The van der Waals surface area contributed by atoms with Gasteiger partial charge in [-0.1, -0.05) is 30.3 Å². The van der Waals surface area contributed by atoms with Crippen LogP contribution in [0.2, 0.25) is 0 Å². The minimum Gasteiger partial charge on any atom is -0.356 e. The van der Waals surface area contributed by atoms with Gasteiger partial charge in [0.2, 0.25) is 10.0 Å². The van der Waals surface area contributed by atoms with Crippen LogP contribution in [0.25, 0.3) is 21.3 Å². The van der Waals surface area contributed by atoms with Crippen molar-refractivity contribution < 1.29 is 8.42 Å². The van der Waals surface area contributed by atoms with Gasteiger partial charge in [-0.05, 0) is 37.2 Å². The van der Waals surface area contributed by atoms with Crippen LogP contribution in [0.5, 0.6) is 0 Å². The maximum Gasteiger partial charge on any atom is 0.209 e. The summed E-state index contributed by atoms with van der Waals surface area (Å²) in [6.45, 7) is 1.58. The summed E-state index contributed by atoms with van der Waals surface area (Å²) in [5, 5.41) is 8.56. The lowest BCUT2D eigenvalue weighted by atomic mass is 9.98. The number of piperidine rings is 1. The van der Waals surface area contributed by atoms with E-state index in [-0.39, 0.29) is 11.7 Å². The van der Waals surface area contributed by atoms with Gasteiger partial charge in [0.1, 0.15) is 16.5 Å². The molecule has 0 atom stereocenters. The normalized spacial score (nSPS) is 18.4. The number of aromatic nitrogens is 2. The zero-order valence-corrected chi connectivity index (χ0v) is 17.8. The zero-order valence-electron chi connectivity index (χ0n) is 16.1. The lowest BCUT2D eigenvalue weighted by Gasteiger charge is -2.33. The van der Waals surface area contributed by atoms with Crippen molar-refractivity contribution in [1.29, 1.82) is 0 Å². The number of fused-ring (bicyclic) bond motifs is 1. The Kier molecular flexibility index (Phi) is 4.80. The van der Waals surface area contributed by atoms with Crippen molar-refractivity contribution in [3.05, 3.63) is 41.5 Å². The van der Waals surface area contributed by atoms with Gasteiger partial charge in [0.05, 0.1) is 11.1 Å². The third-order valence-corrected chi connectivity index (χ3v) is 7.65. The van der Waals surface area contributed by atoms with Crippen molar-refractivity contribution in [2.24, 2.45) is 11.1 Å². The zero-order chi connectivity index (χ0) is 20.0. The van der Waals surface area contributed by atoms with Crippen molar-refractivity contribution in [1.82, 2.24) is 9.97 Å². The standard InChI is InChI=1S/C21H24N4O2S2/c22-29(26,27)13-14-8-10-25(11-9-14)20-18-17(15-4-2-1-3-5-15)12-28-21(18)24-19(23-20)16-6-7-16/h1-5,12,14,16H,6-11,13H2,(H2,22,26,27). The lowest BCUT2D eigenvalue weighted by molar-refractivity contribution is 0.434. The number of rotatable bonds is 5. The van der Waals surface area contributed by atoms with E-state index in [9.17, 15) is 8.42 Å². The van der Waals surface area contributed by atoms with Crippen molar-refractivity contribution in [2.45, 2.75) is 31.6 Å². The second-order valence-corrected chi connectivity index (χ2v) is 10.7. The maximum atomic E-state index is 11.5. The van der Waals surface area contributed by atoms with Gasteiger partial charge >= 0.3 is 0 Å². The van der Waals surface area contributed by atoms with Gasteiger partial charge in [-0.2, -0.15) is 0 Å². The Morgan fingerprint density at radius 3 is 2.45 bits per heavy atom. The summed E-state index contributed by atoms with van der Waals surface area (Å²) in [6.07, 6.45) is 3.95. The van der Waals surface area contributed by atoms with E-state index in [4.69, 9.17) is 15.1 Å². The van der Waals surface area contributed by atoms with Crippen molar-refractivity contribution in [2.75, 3.05) is 23.7 Å². The number of primary sulfonamides is 1. The van der Waals surface area contributed by atoms with Crippen LogP contribution in [-0.4, -0.2) is 37.2 Å². The van der Waals surface area contributed by atoms with E-state index in [1.54, 1.807) is 11.3 Å². The number of nitrogens with two attached hydrogens (primary N) is 1. The minimum absolute atomic E-state index is 0.0705. The molecule has 6 nitrogen and oxygen atoms in total. The fourth-order valence-corrected chi connectivity index (χ4v) is 6.10. The Morgan fingerprint density at radius 2 is 1.79 bits per heavy atom. The molecule has 2 aromatic heterocycles. The highest BCUT2D eigenvalue weighted by molar-refractivity contribution is 7.89. The molecule has 3 aromatic rings. The molecule has 1 aliphatic carbocycles. The molecule has 0 amide bonds. The molecule has 0 bridgehead atoms. The first-order chi connectivity index (χ1) is 14.0. The van der Waals surface area contributed by atoms with Gasteiger partial charge in [0.15, 0.2) is 0 Å². The van der Waals surface area contributed by atoms with E-state index in [1.165, 1.54) is 11.1 Å². The summed E-state index contributed by atoms with van der Waals surface area (Å²) in [7, 11) is -3.43. The summed E-state index contributed by atoms with van der Waals surface area (Å²) in [4.78, 5) is 13.3. The first kappa shape index (κ1) is 19.0. The average Bonchev–Trinajstić information content (AvgIpc) is 3.47. The summed E-state index contributed by atoms with van der Waals surface area (Å²) in [5.74, 6) is 2.64. The van der Waals surface area contributed by atoms with Gasteiger partial charge in [0, 0.05) is 30.0 Å². The van der Waals surface area contributed by atoms with Crippen molar-refractivity contribution >= 4 is 37.4 Å². The van der Waals surface area contributed by atoms with E-state index < -0.39 is 10.0 Å². The molecule has 2 fully saturated rings. The monoisotopic (exact) mass is 428 g/mol. The first-order valence-electron chi connectivity index (χ1n) is 10.1. The van der Waals surface area contributed by atoms with Crippen LogP contribution in [0.15, 0.2) is 35.7 Å². The molecule has 2 aliphatic rings. The summed E-state index contributed by atoms with van der Waals surface area (Å²) < 4.78 is 22.9. The Hall–Kier alpha value is -2.03. The van der Waals surface area contributed by atoms with E-state index in [2.05, 4.69) is 34.5 Å². The Bertz CT molecular complexity index is 1130. The molecule has 1 aliphatic heterocycles. The molecule has 152 valence electrons. The lowest BCUT2D eigenvalue weighted by Crippen LogP contribution is -2.37. The number of sulfonamides is 1. The van der Waals surface area contributed by atoms with Crippen LogP contribution in [0, 0.1) is 5.92 Å². The van der Waals surface area contributed by atoms with Gasteiger partial charge in [-0.3, -0.25) is 0 Å². The smallest absolute Gasteiger partial charge is 0.209 e. The predicted octanol–water partition coefficient (Wildman–Crippen LogP) is 3.74. The van der Waals surface area contributed by atoms with Crippen LogP contribution >= 0.6 is 11.3 Å². The van der Waals surface area contributed by atoms with Crippen LogP contribution < -0.4 is 10.0 Å². The third kappa shape index (κ3) is 4.01. The topological polar surface area (TPSA) is 89.2 Å². The fraction of sp³-hybridized carbons (Fsp3) is 0.429. The molecular weight excluding hydrogens is 404 g/mol. The second kappa shape index (κ2) is 7.34. The molecule has 0 unspecified atom stereocenters. The molecule has 29 heavy (non-hydrogen) atoms. The molecule has 3 heterocycles. The molecule has 1 saturated carbocycles. The predicted molar refractivity (Wildman–Crippen MR) is 118 cm³/mol. The quantitative estimate of drug-likeness (QED) is 0.669. The van der Waals surface area contributed by atoms with Crippen LogP contribution in [0.4, 0.5) is 5.82 Å². The summed E-state index contributed by atoms with van der Waals surface area (Å²) in [6, 6.07) is 10.4. The molecule has 0 radical (unpaired) electrons. The van der Waals surface area contributed by atoms with E-state index in [1.807, 2.05) is 6.07 Å². The summed E-state index contributed by atoms with van der Waals surface area (Å²) in [5.41, 5.74) is 2.35. The van der Waals surface area contributed by atoms with Gasteiger partial charge in [-0.25, -0.2) is 23.5 Å². The Labute approximate surface area is 174 Å². The second-order valence-electron chi connectivity index (χ2n) is 8.14. The molecular formula is C21H24N4O2S2. The van der Waals surface area contributed by atoms with Gasteiger partial charge in [-0.15, -0.1) is 11.3 Å². The molecule has 1 saturated heterocycles. The fourth-order valence-electron chi connectivity index (χ4n) is 4.16. The number of benzene rings is 1. The Balaban J connectivity index is 1.53. The summed E-state index contributed by atoms with van der Waals surface area (Å²) >= 11 is 1.68. The molecule has 8 heteroatoms. The largest absolute Gasteiger partial charge is 0.356 e. The highest BCUT2D eigenvalue weighted by Crippen LogP contribution is 2.44. The van der Waals surface area contributed by atoms with E-state index >= 15 is 0 Å². The number of hydrogen-bond donors (Lipinski definition) is 1. The molecule has 2 N–H and O–H groups in total. The number of anilines is 1. The third-order valence-electron chi connectivity index (χ3n) is 5.84. The van der Waals surface area contributed by atoms with Gasteiger partial charge in [0.25, 0.3) is 0 Å². The number of thiophene rings is 1. The van der Waals surface area contributed by atoms with Crippen molar-refractivity contribution in [3.63, 3.8) is 0 Å². The maximum absolute atomic E-state index is 11.5.